The molecule has 0 aromatic heterocycles. The molecule has 1 aliphatic heterocycles. The van der Waals surface area contributed by atoms with Gasteiger partial charge in [0.25, 0.3) is 5.69 Å². The number of nitro groups is 1. The third-order valence-electron chi connectivity index (χ3n) is 4.55. The van der Waals surface area contributed by atoms with E-state index < -0.39 is 16.9 Å². The second-order valence-electron chi connectivity index (χ2n) is 6.56. The van der Waals surface area contributed by atoms with Gasteiger partial charge in [-0.3, -0.25) is 19.8 Å². The van der Waals surface area contributed by atoms with Crippen LogP contribution in [0.4, 0.5) is 5.69 Å². The molecule has 1 atom stereocenters. The summed E-state index contributed by atoms with van der Waals surface area (Å²) in [5.41, 5.74) is 0.101. The van der Waals surface area contributed by atoms with Gasteiger partial charge < -0.3 is 14.8 Å². The molecule has 0 bridgehead atoms. The van der Waals surface area contributed by atoms with Crippen LogP contribution in [0.3, 0.4) is 0 Å². The molecule has 1 N–H and O–H groups in total. The summed E-state index contributed by atoms with van der Waals surface area (Å²) in [6.07, 6.45) is 3.01. The summed E-state index contributed by atoms with van der Waals surface area (Å²) < 4.78 is 10.7. The van der Waals surface area contributed by atoms with E-state index >= 15 is 0 Å². The van der Waals surface area contributed by atoms with E-state index in [0.717, 1.165) is 19.3 Å². The zero-order valence-corrected chi connectivity index (χ0v) is 16.1. The first-order valence-corrected chi connectivity index (χ1v) is 9.54. The van der Waals surface area contributed by atoms with Crippen LogP contribution in [0.15, 0.2) is 24.3 Å². The van der Waals surface area contributed by atoms with Gasteiger partial charge in [0.05, 0.1) is 23.7 Å². The molecule has 0 aliphatic carbocycles. The third kappa shape index (κ3) is 6.58. The normalized spacial score (nSPS) is 15.6. The number of hydrogen-bond donors (Lipinski definition) is 1. The van der Waals surface area contributed by atoms with Crippen molar-refractivity contribution in [2.45, 2.75) is 32.2 Å². The molecule has 0 radical (unpaired) electrons. The van der Waals surface area contributed by atoms with E-state index in [1.165, 1.54) is 24.3 Å². The van der Waals surface area contributed by atoms with Crippen molar-refractivity contribution < 1.29 is 24.0 Å². The van der Waals surface area contributed by atoms with Gasteiger partial charge in [-0.15, -0.1) is 0 Å². The predicted molar refractivity (Wildman–Crippen MR) is 102 cm³/mol. The van der Waals surface area contributed by atoms with Crippen LogP contribution in [0.2, 0.25) is 0 Å². The minimum absolute atomic E-state index is 0.0879. The lowest BCUT2D eigenvalue weighted by molar-refractivity contribution is -0.384. The van der Waals surface area contributed by atoms with Crippen LogP contribution in [0.5, 0.6) is 0 Å². The fourth-order valence-electron chi connectivity index (χ4n) is 2.90. The Hall–Kier alpha value is -2.52. The van der Waals surface area contributed by atoms with Crippen LogP contribution >= 0.6 is 0 Å². The number of non-ortho nitro benzene ring substituents is 1. The maximum atomic E-state index is 12.6. The fourth-order valence-corrected chi connectivity index (χ4v) is 2.90. The van der Waals surface area contributed by atoms with E-state index in [-0.39, 0.29) is 23.8 Å². The molecular formula is C19H27N3O6. The number of amides is 1. The standard InChI is InChI=1S/C19H27N3O6/c1-2-3-4-9-20-18(23)17(21-10-12-27-13-11-21)14-28-19(24)15-5-7-16(8-6-15)22(25)26/h5-8,17H,2-4,9-14H2,1H3,(H,20,23). The summed E-state index contributed by atoms with van der Waals surface area (Å²) in [4.78, 5) is 37.0. The molecule has 9 nitrogen and oxygen atoms in total. The molecule has 1 heterocycles. The summed E-state index contributed by atoms with van der Waals surface area (Å²) >= 11 is 0. The predicted octanol–water partition coefficient (Wildman–Crippen LogP) is 1.76. The van der Waals surface area contributed by atoms with Gasteiger partial charge in [0.1, 0.15) is 12.6 Å². The Morgan fingerprint density at radius 3 is 2.54 bits per heavy atom. The molecule has 1 aromatic carbocycles. The topological polar surface area (TPSA) is 111 Å². The van der Waals surface area contributed by atoms with Gasteiger partial charge in [0.2, 0.25) is 5.91 Å². The Kier molecular flexibility index (Phi) is 8.83. The van der Waals surface area contributed by atoms with Crippen molar-refractivity contribution in [2.75, 3.05) is 39.5 Å². The van der Waals surface area contributed by atoms with E-state index in [2.05, 4.69) is 12.2 Å². The molecule has 9 heteroatoms. The van der Waals surface area contributed by atoms with E-state index in [4.69, 9.17) is 9.47 Å². The highest BCUT2D eigenvalue weighted by molar-refractivity contribution is 5.90. The van der Waals surface area contributed by atoms with E-state index in [1.54, 1.807) is 0 Å². The zero-order valence-electron chi connectivity index (χ0n) is 16.1. The quantitative estimate of drug-likeness (QED) is 0.279. The smallest absolute Gasteiger partial charge is 0.338 e. The van der Waals surface area contributed by atoms with E-state index in [0.29, 0.717) is 32.8 Å². The molecule has 1 amide bonds. The van der Waals surface area contributed by atoms with Crippen LogP contribution in [0, 0.1) is 10.1 Å². The van der Waals surface area contributed by atoms with Crippen LogP contribution in [-0.4, -0.2) is 67.2 Å². The minimum Gasteiger partial charge on any atom is -0.460 e. The fraction of sp³-hybridized carbons (Fsp3) is 0.579. The van der Waals surface area contributed by atoms with Gasteiger partial charge in [-0.25, -0.2) is 4.79 Å². The summed E-state index contributed by atoms with van der Waals surface area (Å²) in [5.74, 6) is -0.790. The van der Waals surface area contributed by atoms with Crippen LogP contribution in [0.25, 0.3) is 0 Å². The Morgan fingerprint density at radius 2 is 1.93 bits per heavy atom. The molecule has 1 saturated heterocycles. The highest BCUT2D eigenvalue weighted by Crippen LogP contribution is 2.13. The number of rotatable bonds is 10. The van der Waals surface area contributed by atoms with Gasteiger partial charge in [0, 0.05) is 31.8 Å². The highest BCUT2D eigenvalue weighted by atomic mass is 16.6. The van der Waals surface area contributed by atoms with E-state index in [1.807, 2.05) is 4.90 Å². The Morgan fingerprint density at radius 1 is 1.25 bits per heavy atom. The molecule has 0 spiro atoms. The number of carbonyl (C=O) groups is 2. The van der Waals surface area contributed by atoms with Crippen molar-refractivity contribution >= 4 is 17.6 Å². The van der Waals surface area contributed by atoms with Crippen LogP contribution in [0.1, 0.15) is 36.5 Å². The molecule has 0 saturated carbocycles. The molecule has 2 rings (SSSR count). The van der Waals surface area contributed by atoms with Crippen LogP contribution in [-0.2, 0) is 14.3 Å². The zero-order chi connectivity index (χ0) is 20.4. The molecule has 1 aliphatic rings. The highest BCUT2D eigenvalue weighted by Gasteiger charge is 2.29. The second-order valence-corrected chi connectivity index (χ2v) is 6.56. The van der Waals surface area contributed by atoms with Crippen molar-refractivity contribution in [3.8, 4) is 0 Å². The number of hydrogen-bond acceptors (Lipinski definition) is 7. The van der Waals surface area contributed by atoms with Gasteiger partial charge in [-0.2, -0.15) is 0 Å². The third-order valence-corrected chi connectivity index (χ3v) is 4.55. The lowest BCUT2D eigenvalue weighted by Crippen LogP contribution is -2.53. The number of nitrogens with zero attached hydrogens (tertiary/aromatic N) is 2. The molecule has 28 heavy (non-hydrogen) atoms. The maximum absolute atomic E-state index is 12.6. The number of carbonyl (C=O) groups excluding carboxylic acids is 2. The summed E-state index contributed by atoms with van der Waals surface area (Å²) in [5, 5.41) is 13.6. The number of unbranched alkanes of at least 4 members (excludes halogenated alkanes) is 2. The average Bonchev–Trinajstić information content (AvgIpc) is 2.72. The van der Waals surface area contributed by atoms with Gasteiger partial charge >= 0.3 is 5.97 Å². The monoisotopic (exact) mass is 393 g/mol. The van der Waals surface area contributed by atoms with Gasteiger partial charge in [0.15, 0.2) is 0 Å². The maximum Gasteiger partial charge on any atom is 0.338 e. The average molecular weight is 393 g/mol. The van der Waals surface area contributed by atoms with E-state index in [9.17, 15) is 19.7 Å². The molecular weight excluding hydrogens is 366 g/mol. The summed E-state index contributed by atoms with van der Waals surface area (Å²) in [7, 11) is 0. The first kappa shape index (κ1) is 21.8. The number of nitro benzene ring substituents is 1. The number of benzene rings is 1. The van der Waals surface area contributed by atoms with Crippen LogP contribution < -0.4 is 5.32 Å². The van der Waals surface area contributed by atoms with Crippen molar-refractivity contribution in [3.63, 3.8) is 0 Å². The number of esters is 1. The van der Waals surface area contributed by atoms with Crippen molar-refractivity contribution in [1.29, 1.82) is 0 Å². The number of ether oxygens (including phenoxy) is 2. The Labute approximate surface area is 164 Å². The van der Waals surface area contributed by atoms with Crippen molar-refractivity contribution in [3.05, 3.63) is 39.9 Å². The lowest BCUT2D eigenvalue weighted by atomic mass is 10.2. The molecule has 1 fully saturated rings. The molecule has 1 aromatic rings. The minimum atomic E-state index is -0.619. The Bertz CT molecular complexity index is 658. The summed E-state index contributed by atoms with van der Waals surface area (Å²) in [6.45, 7) is 4.81. The Balaban J connectivity index is 1.95. The van der Waals surface area contributed by atoms with Gasteiger partial charge in [-0.1, -0.05) is 19.8 Å². The first-order chi connectivity index (χ1) is 13.5. The van der Waals surface area contributed by atoms with Crippen molar-refractivity contribution in [2.24, 2.45) is 0 Å². The largest absolute Gasteiger partial charge is 0.460 e. The first-order valence-electron chi connectivity index (χ1n) is 9.54. The molecule has 1 unspecified atom stereocenters. The second kappa shape index (κ2) is 11.4. The molecule has 154 valence electrons. The van der Waals surface area contributed by atoms with Gasteiger partial charge in [-0.05, 0) is 18.6 Å². The SMILES string of the molecule is CCCCCNC(=O)C(COC(=O)c1ccc([N+](=O)[O-])cc1)N1CCOCC1. The number of morpholine rings is 1. The van der Waals surface area contributed by atoms with Crippen molar-refractivity contribution in [1.82, 2.24) is 10.2 Å². The lowest BCUT2D eigenvalue weighted by Gasteiger charge is -2.33. The summed E-state index contributed by atoms with van der Waals surface area (Å²) in [6, 6.07) is 4.59. The number of nitrogens with one attached hydrogen (secondary N) is 1.